The van der Waals surface area contributed by atoms with Gasteiger partial charge in [0.1, 0.15) is 11.9 Å². The van der Waals surface area contributed by atoms with Crippen molar-refractivity contribution in [1.82, 2.24) is 4.57 Å². The highest BCUT2D eigenvalue weighted by atomic mass is 15.1. The van der Waals surface area contributed by atoms with Crippen LogP contribution in [-0.4, -0.2) is 4.57 Å². The maximum absolute atomic E-state index is 8.84. The van der Waals surface area contributed by atoms with Crippen molar-refractivity contribution in [3.05, 3.63) is 53.7 Å². The molecule has 0 radical (unpaired) electrons. The van der Waals surface area contributed by atoms with E-state index in [1.165, 1.54) is 5.56 Å². The zero-order chi connectivity index (χ0) is 11.5. The molecule has 0 spiro atoms. The fourth-order valence-corrected chi connectivity index (χ4v) is 1.78. The Morgan fingerprint density at radius 2 is 1.94 bits per heavy atom. The Bertz CT molecular complexity index is 520. The van der Waals surface area contributed by atoms with E-state index in [1.807, 2.05) is 29.0 Å². The summed E-state index contributed by atoms with van der Waals surface area (Å²) in [7, 11) is 0. The average molecular weight is 211 g/mol. The Hall–Kier alpha value is -2.21. The molecule has 0 aliphatic carbocycles. The molecule has 2 N–H and O–H groups in total. The zero-order valence-electron chi connectivity index (χ0n) is 9.09. The van der Waals surface area contributed by atoms with E-state index >= 15 is 0 Å². The third kappa shape index (κ3) is 1.66. The molecule has 2 rings (SSSR count). The van der Waals surface area contributed by atoms with E-state index < -0.39 is 0 Å². The van der Waals surface area contributed by atoms with E-state index in [0.29, 0.717) is 11.4 Å². The molecule has 1 aromatic heterocycles. The van der Waals surface area contributed by atoms with Crippen LogP contribution in [0.2, 0.25) is 0 Å². The third-order valence-corrected chi connectivity index (χ3v) is 2.78. The van der Waals surface area contributed by atoms with E-state index in [2.05, 4.69) is 25.1 Å². The van der Waals surface area contributed by atoms with Gasteiger partial charge in [0.25, 0.3) is 0 Å². The summed E-state index contributed by atoms with van der Waals surface area (Å²) in [4.78, 5) is 0. The van der Waals surface area contributed by atoms with Crippen molar-refractivity contribution < 1.29 is 0 Å². The molecular weight excluding hydrogens is 198 g/mol. The molecule has 16 heavy (non-hydrogen) atoms. The van der Waals surface area contributed by atoms with E-state index in [1.54, 1.807) is 6.07 Å². The molecule has 3 nitrogen and oxygen atoms in total. The molecule has 0 fully saturated rings. The van der Waals surface area contributed by atoms with Crippen LogP contribution in [0.5, 0.6) is 0 Å². The molecular formula is C13H13N3. The highest BCUT2D eigenvalue weighted by Crippen LogP contribution is 2.23. The van der Waals surface area contributed by atoms with Crippen molar-refractivity contribution in [2.45, 2.75) is 13.0 Å². The minimum absolute atomic E-state index is 0.142. The predicted octanol–water partition coefficient (Wildman–Crippen LogP) is 2.55. The first-order chi connectivity index (χ1) is 7.74. The second kappa shape index (κ2) is 4.11. The Morgan fingerprint density at radius 3 is 2.50 bits per heavy atom. The molecule has 3 heteroatoms. The largest absolute Gasteiger partial charge is 0.384 e. The van der Waals surface area contributed by atoms with Crippen LogP contribution in [0.4, 0.5) is 5.82 Å². The summed E-state index contributed by atoms with van der Waals surface area (Å²) in [5, 5.41) is 8.84. The molecule has 2 aromatic rings. The maximum atomic E-state index is 8.84. The van der Waals surface area contributed by atoms with E-state index in [4.69, 9.17) is 11.0 Å². The SMILES string of the molecule is CC(c1ccccc1)n1ccc(C#N)c1N. The molecule has 0 amide bonds. The van der Waals surface area contributed by atoms with Crippen molar-refractivity contribution >= 4 is 5.82 Å². The number of nitrogens with two attached hydrogens (primary N) is 1. The van der Waals surface area contributed by atoms with Crippen LogP contribution < -0.4 is 5.73 Å². The summed E-state index contributed by atoms with van der Waals surface area (Å²) in [6.45, 7) is 2.06. The minimum atomic E-state index is 0.142. The normalized spacial score (nSPS) is 12.0. The molecule has 80 valence electrons. The van der Waals surface area contributed by atoms with Gasteiger partial charge in [0.15, 0.2) is 0 Å². The third-order valence-electron chi connectivity index (χ3n) is 2.78. The average Bonchev–Trinajstić information content (AvgIpc) is 2.70. The van der Waals surface area contributed by atoms with Gasteiger partial charge in [-0.25, -0.2) is 0 Å². The van der Waals surface area contributed by atoms with Gasteiger partial charge in [-0.3, -0.25) is 0 Å². The highest BCUT2D eigenvalue weighted by molar-refractivity contribution is 5.50. The number of hydrogen-bond donors (Lipinski definition) is 1. The summed E-state index contributed by atoms with van der Waals surface area (Å²) >= 11 is 0. The van der Waals surface area contributed by atoms with E-state index in [-0.39, 0.29) is 6.04 Å². The van der Waals surface area contributed by atoms with Crippen molar-refractivity contribution in [3.63, 3.8) is 0 Å². The molecule has 0 saturated carbocycles. The van der Waals surface area contributed by atoms with Crippen LogP contribution in [0.15, 0.2) is 42.6 Å². The minimum Gasteiger partial charge on any atom is -0.384 e. The fourth-order valence-electron chi connectivity index (χ4n) is 1.78. The number of benzene rings is 1. The van der Waals surface area contributed by atoms with Gasteiger partial charge >= 0.3 is 0 Å². The van der Waals surface area contributed by atoms with Crippen molar-refractivity contribution in [3.8, 4) is 6.07 Å². The monoisotopic (exact) mass is 211 g/mol. The lowest BCUT2D eigenvalue weighted by atomic mass is 10.1. The molecule has 0 aliphatic heterocycles. The van der Waals surface area contributed by atoms with Crippen LogP contribution in [0.1, 0.15) is 24.1 Å². The first-order valence-corrected chi connectivity index (χ1v) is 5.15. The maximum Gasteiger partial charge on any atom is 0.122 e. The lowest BCUT2D eigenvalue weighted by Crippen LogP contribution is -2.09. The summed E-state index contributed by atoms with van der Waals surface area (Å²) in [5.41, 5.74) is 7.60. The number of aromatic nitrogens is 1. The van der Waals surface area contributed by atoms with Gasteiger partial charge in [-0.05, 0) is 18.6 Å². The predicted molar refractivity (Wildman–Crippen MR) is 63.8 cm³/mol. The molecule has 1 unspecified atom stereocenters. The molecule has 1 aromatic carbocycles. The second-order valence-electron chi connectivity index (χ2n) is 3.72. The first-order valence-electron chi connectivity index (χ1n) is 5.15. The van der Waals surface area contributed by atoms with Gasteiger partial charge in [-0.1, -0.05) is 30.3 Å². The van der Waals surface area contributed by atoms with Gasteiger partial charge in [0.05, 0.1) is 11.6 Å². The first kappa shape index (κ1) is 10.3. The Kier molecular flexibility index (Phi) is 2.65. The van der Waals surface area contributed by atoms with E-state index in [9.17, 15) is 0 Å². The van der Waals surface area contributed by atoms with Gasteiger partial charge in [0.2, 0.25) is 0 Å². The van der Waals surface area contributed by atoms with Crippen LogP contribution in [0, 0.1) is 11.3 Å². The summed E-state index contributed by atoms with van der Waals surface area (Å²) in [6.07, 6.45) is 1.85. The van der Waals surface area contributed by atoms with Gasteiger partial charge in [-0.2, -0.15) is 5.26 Å². The Labute approximate surface area is 94.7 Å². The van der Waals surface area contributed by atoms with Crippen molar-refractivity contribution in [1.29, 1.82) is 5.26 Å². The Morgan fingerprint density at radius 1 is 1.25 bits per heavy atom. The van der Waals surface area contributed by atoms with Crippen molar-refractivity contribution in [2.24, 2.45) is 0 Å². The zero-order valence-corrected chi connectivity index (χ0v) is 9.09. The number of nitrogen functional groups attached to an aromatic ring is 1. The van der Waals surface area contributed by atoms with Crippen molar-refractivity contribution in [2.75, 3.05) is 5.73 Å². The fraction of sp³-hybridized carbons (Fsp3) is 0.154. The topological polar surface area (TPSA) is 54.7 Å². The lowest BCUT2D eigenvalue weighted by molar-refractivity contribution is 0.651. The Balaban J connectivity index is 2.39. The number of nitrogens with zero attached hydrogens (tertiary/aromatic N) is 2. The molecule has 1 heterocycles. The van der Waals surface area contributed by atoms with E-state index in [0.717, 1.165) is 0 Å². The summed E-state index contributed by atoms with van der Waals surface area (Å²) < 4.78 is 1.91. The number of nitriles is 1. The van der Waals surface area contributed by atoms with Crippen LogP contribution in [-0.2, 0) is 0 Å². The smallest absolute Gasteiger partial charge is 0.122 e. The highest BCUT2D eigenvalue weighted by Gasteiger charge is 2.12. The molecule has 0 aliphatic rings. The van der Waals surface area contributed by atoms with Crippen LogP contribution in [0.25, 0.3) is 0 Å². The van der Waals surface area contributed by atoms with Gasteiger partial charge < -0.3 is 10.3 Å². The summed E-state index contributed by atoms with van der Waals surface area (Å²) in [6, 6.07) is 14.0. The van der Waals surface area contributed by atoms with Crippen LogP contribution >= 0.6 is 0 Å². The molecule has 0 saturated heterocycles. The number of hydrogen-bond acceptors (Lipinski definition) is 2. The second-order valence-corrected chi connectivity index (χ2v) is 3.72. The van der Waals surface area contributed by atoms with Gasteiger partial charge in [0, 0.05) is 6.20 Å². The summed E-state index contributed by atoms with van der Waals surface area (Å²) in [5.74, 6) is 0.527. The van der Waals surface area contributed by atoms with Crippen LogP contribution in [0.3, 0.4) is 0 Å². The number of anilines is 1. The molecule has 0 bridgehead atoms. The lowest BCUT2D eigenvalue weighted by Gasteiger charge is -2.15. The standard InChI is InChI=1S/C13H13N3/c1-10(11-5-3-2-4-6-11)16-8-7-12(9-14)13(16)15/h2-8,10H,15H2,1H3. The van der Waals surface area contributed by atoms with Gasteiger partial charge in [-0.15, -0.1) is 0 Å². The number of rotatable bonds is 2. The quantitative estimate of drug-likeness (QED) is 0.829. The molecule has 1 atom stereocenters.